The Labute approximate surface area is 173 Å². The summed E-state index contributed by atoms with van der Waals surface area (Å²) in [6.07, 6.45) is 3.69. The molecule has 154 valence electrons. The quantitative estimate of drug-likeness (QED) is 0.448. The smallest absolute Gasteiger partial charge is 0.192 e. The molecule has 2 atom stereocenters. The number of aromatic nitrogens is 3. The van der Waals surface area contributed by atoms with Crippen molar-refractivity contribution in [1.82, 2.24) is 25.4 Å². The summed E-state index contributed by atoms with van der Waals surface area (Å²) in [4.78, 5) is 4.81. The van der Waals surface area contributed by atoms with Crippen LogP contribution in [0, 0.1) is 0 Å². The third-order valence-corrected chi connectivity index (χ3v) is 5.25. The van der Waals surface area contributed by atoms with Crippen LogP contribution in [-0.4, -0.2) is 33.3 Å². The Morgan fingerprint density at radius 3 is 2.62 bits per heavy atom. The van der Waals surface area contributed by atoms with Crippen molar-refractivity contribution in [2.45, 2.75) is 59.2 Å². The average Bonchev–Trinajstić information content (AvgIpc) is 3.20. The molecule has 0 spiro atoms. The summed E-state index contributed by atoms with van der Waals surface area (Å²) >= 11 is 0. The number of benzene rings is 2. The third kappa shape index (κ3) is 5.56. The molecule has 3 aromatic rings. The van der Waals surface area contributed by atoms with Crippen molar-refractivity contribution in [3.63, 3.8) is 0 Å². The molecule has 1 aromatic heterocycles. The van der Waals surface area contributed by atoms with E-state index in [1.165, 1.54) is 16.3 Å². The minimum atomic E-state index is 0.149. The molecule has 0 saturated carbocycles. The maximum Gasteiger partial charge on any atom is 0.192 e. The number of guanidine groups is 1. The van der Waals surface area contributed by atoms with Crippen LogP contribution < -0.4 is 10.6 Å². The van der Waals surface area contributed by atoms with Gasteiger partial charge in [0.1, 0.15) is 12.2 Å². The van der Waals surface area contributed by atoms with Gasteiger partial charge in [-0.05, 0) is 42.7 Å². The molecule has 0 bridgehead atoms. The van der Waals surface area contributed by atoms with Crippen LogP contribution in [0.15, 0.2) is 53.8 Å². The van der Waals surface area contributed by atoms with Crippen LogP contribution in [-0.2, 0) is 13.0 Å². The molecule has 2 unspecified atom stereocenters. The summed E-state index contributed by atoms with van der Waals surface area (Å²) in [5.74, 6) is 1.83. The van der Waals surface area contributed by atoms with Crippen LogP contribution in [0.4, 0.5) is 0 Å². The fraction of sp³-hybridized carbons (Fsp3) is 0.435. The van der Waals surface area contributed by atoms with Gasteiger partial charge in [-0.2, -0.15) is 0 Å². The van der Waals surface area contributed by atoms with E-state index >= 15 is 0 Å². The Kier molecular flexibility index (Phi) is 7.22. The van der Waals surface area contributed by atoms with E-state index in [1.54, 1.807) is 6.33 Å². The highest BCUT2D eigenvalue weighted by molar-refractivity contribution is 5.84. The van der Waals surface area contributed by atoms with Gasteiger partial charge in [-0.3, -0.25) is 4.99 Å². The van der Waals surface area contributed by atoms with Crippen molar-refractivity contribution >= 4 is 16.7 Å². The lowest BCUT2D eigenvalue weighted by molar-refractivity contribution is 0.596. The second-order valence-corrected chi connectivity index (χ2v) is 7.45. The lowest BCUT2D eigenvalue weighted by Crippen LogP contribution is -2.43. The van der Waals surface area contributed by atoms with Gasteiger partial charge in [-0.25, -0.2) is 0 Å². The van der Waals surface area contributed by atoms with Gasteiger partial charge in [-0.15, -0.1) is 10.2 Å². The summed E-state index contributed by atoms with van der Waals surface area (Å²) in [5, 5.41) is 17.7. The first-order valence-corrected chi connectivity index (χ1v) is 10.5. The molecule has 3 rings (SSSR count). The Bertz CT molecular complexity index is 945. The van der Waals surface area contributed by atoms with E-state index in [9.17, 15) is 0 Å². The number of hydrogen-bond donors (Lipinski definition) is 2. The van der Waals surface area contributed by atoms with Gasteiger partial charge < -0.3 is 15.2 Å². The zero-order valence-corrected chi connectivity index (χ0v) is 17.9. The zero-order valence-electron chi connectivity index (χ0n) is 17.9. The predicted octanol–water partition coefficient (Wildman–Crippen LogP) is 4.09. The van der Waals surface area contributed by atoms with Gasteiger partial charge in [0.2, 0.25) is 0 Å². The van der Waals surface area contributed by atoms with Crippen LogP contribution >= 0.6 is 0 Å². The first-order chi connectivity index (χ1) is 14.1. The predicted molar refractivity (Wildman–Crippen MR) is 120 cm³/mol. The third-order valence-electron chi connectivity index (χ3n) is 5.25. The largest absolute Gasteiger partial charge is 0.354 e. The van der Waals surface area contributed by atoms with E-state index in [1.807, 2.05) is 0 Å². The molecule has 29 heavy (non-hydrogen) atoms. The van der Waals surface area contributed by atoms with Crippen molar-refractivity contribution in [2.75, 3.05) is 6.54 Å². The van der Waals surface area contributed by atoms with Crippen LogP contribution in [0.1, 0.15) is 51.5 Å². The first kappa shape index (κ1) is 20.8. The van der Waals surface area contributed by atoms with Gasteiger partial charge in [0.25, 0.3) is 0 Å². The first-order valence-electron chi connectivity index (χ1n) is 10.5. The topological polar surface area (TPSA) is 67.1 Å². The van der Waals surface area contributed by atoms with Gasteiger partial charge in [-0.1, -0.05) is 50.2 Å². The highest BCUT2D eigenvalue weighted by atomic mass is 15.3. The number of rotatable bonds is 8. The highest BCUT2D eigenvalue weighted by Gasteiger charge is 2.11. The maximum atomic E-state index is 4.81. The van der Waals surface area contributed by atoms with Gasteiger partial charge >= 0.3 is 0 Å². The van der Waals surface area contributed by atoms with Crippen molar-refractivity contribution in [2.24, 2.45) is 4.99 Å². The van der Waals surface area contributed by atoms with E-state index in [0.717, 1.165) is 31.2 Å². The van der Waals surface area contributed by atoms with Crippen LogP contribution in [0.2, 0.25) is 0 Å². The lowest BCUT2D eigenvalue weighted by atomic mass is 10.0. The minimum absolute atomic E-state index is 0.149. The number of hydrogen-bond acceptors (Lipinski definition) is 3. The second kappa shape index (κ2) is 10.0. The van der Waals surface area contributed by atoms with E-state index in [-0.39, 0.29) is 6.04 Å². The van der Waals surface area contributed by atoms with Gasteiger partial charge in [0, 0.05) is 19.0 Å². The monoisotopic (exact) mass is 392 g/mol. The molecule has 2 N–H and O–H groups in total. The Hall–Kier alpha value is -2.89. The van der Waals surface area contributed by atoms with Crippen molar-refractivity contribution in [3.05, 3.63) is 60.2 Å². The molecule has 6 nitrogen and oxygen atoms in total. The normalized spacial score (nSPS) is 14.0. The lowest BCUT2D eigenvalue weighted by Gasteiger charge is -2.22. The summed E-state index contributed by atoms with van der Waals surface area (Å²) in [6, 6.07) is 15.6. The van der Waals surface area contributed by atoms with E-state index in [4.69, 9.17) is 4.99 Å². The van der Waals surface area contributed by atoms with E-state index in [2.05, 4.69) is 95.6 Å². The van der Waals surface area contributed by atoms with Crippen LogP contribution in [0.3, 0.4) is 0 Å². The fourth-order valence-electron chi connectivity index (χ4n) is 3.24. The fourth-order valence-corrected chi connectivity index (χ4v) is 3.24. The molecular weight excluding hydrogens is 360 g/mol. The molecular formula is C23H32N6. The molecule has 1 heterocycles. The van der Waals surface area contributed by atoms with E-state index < -0.39 is 0 Å². The molecule has 0 amide bonds. The number of aryl methyl sites for hydroxylation is 1. The number of aliphatic imine (C=N–C) groups is 1. The zero-order chi connectivity index (χ0) is 20.6. The Balaban J connectivity index is 1.71. The van der Waals surface area contributed by atoms with Crippen molar-refractivity contribution in [3.8, 4) is 0 Å². The second-order valence-electron chi connectivity index (χ2n) is 7.45. The minimum Gasteiger partial charge on any atom is -0.354 e. The summed E-state index contributed by atoms with van der Waals surface area (Å²) in [6.45, 7) is 10.0. The molecule has 0 aliphatic carbocycles. The van der Waals surface area contributed by atoms with Crippen molar-refractivity contribution in [1.29, 1.82) is 0 Å². The summed E-state index contributed by atoms with van der Waals surface area (Å²) in [7, 11) is 0. The molecule has 6 heteroatoms. The van der Waals surface area contributed by atoms with Crippen LogP contribution in [0.25, 0.3) is 10.8 Å². The maximum absolute atomic E-state index is 4.81. The number of nitrogens with one attached hydrogen (secondary N) is 2. The van der Waals surface area contributed by atoms with Gasteiger partial charge in [0.15, 0.2) is 5.96 Å². The average molecular weight is 393 g/mol. The summed E-state index contributed by atoms with van der Waals surface area (Å²) < 4.78 is 2.07. The molecule has 0 radical (unpaired) electrons. The highest BCUT2D eigenvalue weighted by Crippen LogP contribution is 2.20. The van der Waals surface area contributed by atoms with Crippen molar-refractivity contribution < 1.29 is 0 Å². The molecule has 2 aromatic carbocycles. The molecule has 0 aliphatic heterocycles. The van der Waals surface area contributed by atoms with Gasteiger partial charge in [0.05, 0.1) is 12.6 Å². The standard InChI is InChI=1S/C23H32N6/c1-5-17(3)26-23(24-13-14-29-16-25-28-22(29)6-2)27-18(4)20-12-11-19-9-7-8-10-21(19)15-20/h7-12,15-18H,5-6,13-14H2,1-4H3,(H2,24,26,27). The molecule has 0 fully saturated rings. The summed E-state index contributed by atoms with van der Waals surface area (Å²) in [5.41, 5.74) is 1.24. The Morgan fingerprint density at radius 2 is 1.86 bits per heavy atom. The number of nitrogens with zero attached hydrogens (tertiary/aromatic N) is 4. The number of fused-ring (bicyclic) bond motifs is 1. The van der Waals surface area contributed by atoms with Crippen LogP contribution in [0.5, 0.6) is 0 Å². The molecule has 0 saturated heterocycles. The van der Waals surface area contributed by atoms with E-state index in [0.29, 0.717) is 12.6 Å². The Morgan fingerprint density at radius 1 is 1.07 bits per heavy atom. The SMILES string of the molecule is CCc1nncn1CCN=C(NC(C)CC)NC(C)c1ccc2ccccc2c1. The molecule has 0 aliphatic rings.